The Balaban J connectivity index is 1.60. The zero-order valence-electron chi connectivity index (χ0n) is 17.5. The molecule has 166 valence electrons. The third-order valence-corrected chi connectivity index (χ3v) is 6.63. The molecule has 2 N–H and O–H groups in total. The summed E-state index contributed by atoms with van der Waals surface area (Å²) in [6.07, 6.45) is 0. The second-order valence-electron chi connectivity index (χ2n) is 7.48. The first-order valence-electron chi connectivity index (χ1n) is 9.90. The fourth-order valence-electron chi connectivity index (χ4n) is 3.53. The van der Waals surface area contributed by atoms with Gasteiger partial charge in [0.15, 0.2) is 9.84 Å². The summed E-state index contributed by atoms with van der Waals surface area (Å²) < 4.78 is 30.8. The summed E-state index contributed by atoms with van der Waals surface area (Å²) in [6, 6.07) is 15.7. The van der Waals surface area contributed by atoms with Crippen LogP contribution < -0.4 is 15.4 Å². The third kappa shape index (κ3) is 4.35. The molecule has 1 aromatic heterocycles. The fourth-order valence-corrected chi connectivity index (χ4v) is 5.03. The standard InChI is InChI=1S/C22H22N4O5S/c1-14(15-6-4-3-5-7-15)23-21(27)22(28)24-20-18-12-32(29,30)13-19(18)25-26(20)16-8-10-17(31-2)11-9-16/h3-11,14H,12-13H2,1-2H3,(H,23,27)(H,24,28). The maximum atomic E-state index is 12.7. The Hall–Kier alpha value is -3.66. The minimum absolute atomic E-state index is 0.166. The van der Waals surface area contributed by atoms with Crippen molar-refractivity contribution < 1.29 is 22.7 Å². The molecule has 0 radical (unpaired) electrons. The van der Waals surface area contributed by atoms with Gasteiger partial charge in [-0.15, -0.1) is 0 Å². The van der Waals surface area contributed by atoms with Gasteiger partial charge in [0, 0.05) is 5.56 Å². The van der Waals surface area contributed by atoms with Crippen LogP contribution in [0.15, 0.2) is 54.6 Å². The zero-order valence-corrected chi connectivity index (χ0v) is 18.3. The van der Waals surface area contributed by atoms with Gasteiger partial charge in [-0.25, -0.2) is 13.1 Å². The molecule has 32 heavy (non-hydrogen) atoms. The monoisotopic (exact) mass is 454 g/mol. The van der Waals surface area contributed by atoms with E-state index in [1.54, 1.807) is 38.3 Å². The number of ether oxygens (including phenoxy) is 1. The number of aromatic nitrogens is 2. The minimum Gasteiger partial charge on any atom is -0.497 e. The highest BCUT2D eigenvalue weighted by Crippen LogP contribution is 2.33. The van der Waals surface area contributed by atoms with Gasteiger partial charge in [-0.2, -0.15) is 5.10 Å². The molecule has 2 amide bonds. The Morgan fingerprint density at radius 1 is 1.03 bits per heavy atom. The second kappa shape index (κ2) is 8.46. The van der Waals surface area contributed by atoms with Crippen molar-refractivity contribution in [3.05, 3.63) is 71.4 Å². The van der Waals surface area contributed by atoms with Crippen LogP contribution in [0.4, 0.5) is 5.82 Å². The molecule has 1 unspecified atom stereocenters. The summed E-state index contributed by atoms with van der Waals surface area (Å²) in [4.78, 5) is 25.2. The number of methoxy groups -OCH3 is 1. The molecule has 0 saturated carbocycles. The lowest BCUT2D eigenvalue weighted by Gasteiger charge is -2.15. The van der Waals surface area contributed by atoms with Crippen molar-refractivity contribution in [2.24, 2.45) is 0 Å². The molecule has 3 aromatic rings. The summed E-state index contributed by atoms with van der Waals surface area (Å²) in [5.41, 5.74) is 2.18. The number of benzene rings is 2. The van der Waals surface area contributed by atoms with Crippen molar-refractivity contribution in [3.8, 4) is 11.4 Å². The first-order chi connectivity index (χ1) is 15.3. The summed E-state index contributed by atoms with van der Waals surface area (Å²) in [5.74, 6) is -1.41. The molecule has 2 heterocycles. The molecule has 0 saturated heterocycles. The number of hydrogen-bond donors (Lipinski definition) is 2. The predicted molar refractivity (Wildman–Crippen MR) is 118 cm³/mol. The van der Waals surface area contributed by atoms with Gasteiger partial charge in [-0.3, -0.25) is 9.59 Å². The molecular weight excluding hydrogens is 432 g/mol. The van der Waals surface area contributed by atoms with Crippen LogP contribution >= 0.6 is 0 Å². The van der Waals surface area contributed by atoms with Gasteiger partial charge in [0.2, 0.25) is 0 Å². The maximum Gasteiger partial charge on any atom is 0.314 e. The highest BCUT2D eigenvalue weighted by atomic mass is 32.2. The fraction of sp³-hybridized carbons (Fsp3) is 0.227. The van der Waals surface area contributed by atoms with Crippen molar-refractivity contribution in [1.29, 1.82) is 0 Å². The third-order valence-electron chi connectivity index (χ3n) is 5.19. The maximum absolute atomic E-state index is 12.7. The normalized spacial score (nSPS) is 14.9. The van der Waals surface area contributed by atoms with Crippen LogP contribution in [0.25, 0.3) is 5.69 Å². The van der Waals surface area contributed by atoms with Crippen molar-refractivity contribution in [3.63, 3.8) is 0 Å². The van der Waals surface area contributed by atoms with Crippen LogP contribution in [-0.2, 0) is 30.9 Å². The highest BCUT2D eigenvalue weighted by Gasteiger charge is 2.34. The van der Waals surface area contributed by atoms with Crippen LogP contribution in [0, 0.1) is 0 Å². The smallest absolute Gasteiger partial charge is 0.314 e. The summed E-state index contributed by atoms with van der Waals surface area (Å²) in [6.45, 7) is 1.77. The van der Waals surface area contributed by atoms with Gasteiger partial charge >= 0.3 is 11.8 Å². The van der Waals surface area contributed by atoms with Crippen molar-refractivity contribution in [2.45, 2.75) is 24.5 Å². The van der Waals surface area contributed by atoms with Gasteiger partial charge < -0.3 is 15.4 Å². The Morgan fingerprint density at radius 2 is 1.72 bits per heavy atom. The van der Waals surface area contributed by atoms with E-state index in [4.69, 9.17) is 4.74 Å². The Bertz CT molecular complexity index is 1270. The summed E-state index contributed by atoms with van der Waals surface area (Å²) in [7, 11) is -1.81. The first-order valence-corrected chi connectivity index (χ1v) is 11.7. The van der Waals surface area contributed by atoms with E-state index < -0.39 is 21.7 Å². The van der Waals surface area contributed by atoms with Crippen molar-refractivity contribution >= 4 is 27.5 Å². The van der Waals surface area contributed by atoms with Gasteiger partial charge in [0.25, 0.3) is 0 Å². The summed E-state index contributed by atoms with van der Waals surface area (Å²) in [5, 5.41) is 9.60. The average Bonchev–Trinajstić information content (AvgIpc) is 3.26. The number of carbonyl (C=O) groups is 2. The zero-order chi connectivity index (χ0) is 22.9. The van der Waals surface area contributed by atoms with Crippen LogP contribution in [0.3, 0.4) is 0 Å². The first kappa shape index (κ1) is 21.6. The topological polar surface area (TPSA) is 119 Å². The number of rotatable bonds is 5. The van der Waals surface area contributed by atoms with Crippen LogP contribution in [0.5, 0.6) is 5.75 Å². The van der Waals surface area contributed by atoms with E-state index in [0.717, 1.165) is 5.56 Å². The average molecular weight is 455 g/mol. The molecule has 0 fully saturated rings. The highest BCUT2D eigenvalue weighted by molar-refractivity contribution is 7.90. The lowest BCUT2D eigenvalue weighted by atomic mass is 10.1. The van der Waals surface area contributed by atoms with Gasteiger partial charge in [-0.1, -0.05) is 30.3 Å². The molecule has 9 nitrogen and oxygen atoms in total. The molecular formula is C22H22N4O5S. The molecule has 1 atom stereocenters. The number of fused-ring (bicyclic) bond motifs is 1. The number of carbonyl (C=O) groups excluding carboxylic acids is 2. The lowest BCUT2D eigenvalue weighted by Crippen LogP contribution is -2.37. The molecule has 0 bridgehead atoms. The van der Waals surface area contributed by atoms with E-state index in [0.29, 0.717) is 22.7 Å². The van der Waals surface area contributed by atoms with Crippen molar-refractivity contribution in [1.82, 2.24) is 15.1 Å². The Morgan fingerprint density at radius 3 is 2.38 bits per heavy atom. The van der Waals surface area contributed by atoms with Crippen LogP contribution in [0.2, 0.25) is 0 Å². The second-order valence-corrected chi connectivity index (χ2v) is 9.54. The van der Waals surface area contributed by atoms with E-state index >= 15 is 0 Å². The number of amides is 2. The molecule has 4 rings (SSSR count). The number of anilines is 1. The van der Waals surface area contributed by atoms with E-state index in [2.05, 4.69) is 15.7 Å². The number of nitrogens with one attached hydrogen (secondary N) is 2. The van der Waals surface area contributed by atoms with E-state index in [-0.39, 0.29) is 23.4 Å². The van der Waals surface area contributed by atoms with Gasteiger partial charge in [-0.05, 0) is 36.8 Å². The number of nitrogens with zero attached hydrogens (tertiary/aromatic N) is 2. The Labute approximate surface area is 185 Å². The number of sulfone groups is 1. The molecule has 0 spiro atoms. The number of hydrogen-bond acceptors (Lipinski definition) is 6. The van der Waals surface area contributed by atoms with Gasteiger partial charge in [0.1, 0.15) is 11.6 Å². The molecule has 2 aromatic carbocycles. The van der Waals surface area contributed by atoms with E-state index in [9.17, 15) is 18.0 Å². The van der Waals surface area contributed by atoms with Crippen LogP contribution in [0.1, 0.15) is 29.8 Å². The molecule has 0 aliphatic carbocycles. The van der Waals surface area contributed by atoms with E-state index in [1.165, 1.54) is 4.68 Å². The minimum atomic E-state index is -3.35. The SMILES string of the molecule is COc1ccc(-n2nc3c(c2NC(=O)C(=O)NC(C)c2ccccc2)CS(=O)(=O)C3)cc1. The van der Waals surface area contributed by atoms with Gasteiger partial charge in [0.05, 0.1) is 36.0 Å². The largest absolute Gasteiger partial charge is 0.497 e. The quantitative estimate of drug-likeness (QED) is 0.570. The summed E-state index contributed by atoms with van der Waals surface area (Å²) >= 11 is 0. The molecule has 1 aliphatic rings. The predicted octanol–water partition coefficient (Wildman–Crippen LogP) is 2.13. The lowest BCUT2D eigenvalue weighted by molar-refractivity contribution is -0.136. The van der Waals surface area contributed by atoms with Crippen LogP contribution in [-0.4, -0.2) is 37.1 Å². The van der Waals surface area contributed by atoms with Crippen molar-refractivity contribution in [2.75, 3.05) is 12.4 Å². The molecule has 1 aliphatic heterocycles. The molecule has 10 heteroatoms. The Kier molecular flexibility index (Phi) is 5.70. The van der Waals surface area contributed by atoms with E-state index in [1.807, 2.05) is 30.3 Å².